The predicted octanol–water partition coefficient (Wildman–Crippen LogP) is 13.5. The lowest BCUT2D eigenvalue weighted by atomic mass is 10.0. The molecule has 0 aromatic heterocycles. The van der Waals surface area contributed by atoms with E-state index in [4.69, 9.17) is 14.0 Å². The van der Waals surface area contributed by atoms with Crippen molar-refractivity contribution >= 4 is 19.8 Å². The summed E-state index contributed by atoms with van der Waals surface area (Å²) in [5.41, 5.74) is 0. The molecule has 0 rings (SSSR count). The van der Waals surface area contributed by atoms with Gasteiger partial charge in [-0.2, -0.15) is 0 Å². The summed E-state index contributed by atoms with van der Waals surface area (Å²) in [6, 6.07) is 0. The second-order valence-electron chi connectivity index (χ2n) is 14.5. The highest BCUT2D eigenvalue weighted by Gasteiger charge is 2.24. The van der Waals surface area contributed by atoms with Crippen LogP contribution in [-0.2, 0) is 32.7 Å². The molecule has 0 heterocycles. The van der Waals surface area contributed by atoms with Crippen LogP contribution < -0.4 is 0 Å². The van der Waals surface area contributed by atoms with Gasteiger partial charge in [-0.25, -0.2) is 4.57 Å². The van der Waals surface area contributed by atoms with Gasteiger partial charge in [0.05, 0.1) is 6.61 Å². The van der Waals surface area contributed by atoms with Crippen LogP contribution in [0.15, 0.2) is 24.3 Å². The van der Waals surface area contributed by atoms with E-state index in [-0.39, 0.29) is 25.4 Å². The van der Waals surface area contributed by atoms with Crippen LogP contribution in [-0.4, -0.2) is 43.3 Å². The van der Waals surface area contributed by atoms with Crippen LogP contribution >= 0.6 is 7.82 Å². The zero-order chi connectivity index (χ0) is 38.2. The Labute approximate surface area is 320 Å². The first-order valence-electron chi connectivity index (χ1n) is 21.5. The van der Waals surface area contributed by atoms with Crippen molar-refractivity contribution in [3.8, 4) is 0 Å². The molecule has 0 aliphatic rings. The fourth-order valence-electron chi connectivity index (χ4n) is 6.07. The van der Waals surface area contributed by atoms with Gasteiger partial charge in [0.15, 0.2) is 6.10 Å². The van der Waals surface area contributed by atoms with Crippen molar-refractivity contribution in [1.29, 1.82) is 0 Å². The van der Waals surface area contributed by atoms with Gasteiger partial charge in [0.1, 0.15) is 6.61 Å². The number of rotatable bonds is 40. The van der Waals surface area contributed by atoms with Crippen LogP contribution in [0.3, 0.4) is 0 Å². The Morgan fingerprint density at radius 2 is 0.904 bits per heavy atom. The highest BCUT2D eigenvalue weighted by atomic mass is 31.2. The predicted molar refractivity (Wildman–Crippen MR) is 216 cm³/mol. The van der Waals surface area contributed by atoms with Gasteiger partial charge in [0.2, 0.25) is 0 Å². The number of ether oxygens (including phenoxy) is 2. The van der Waals surface area contributed by atoms with E-state index in [0.29, 0.717) is 6.42 Å². The molecule has 0 saturated carbocycles. The van der Waals surface area contributed by atoms with Gasteiger partial charge < -0.3 is 14.4 Å². The maximum Gasteiger partial charge on any atom is 0.472 e. The second-order valence-corrected chi connectivity index (χ2v) is 16.0. The molecule has 0 amide bonds. The lowest BCUT2D eigenvalue weighted by molar-refractivity contribution is -0.161. The third-order valence-corrected chi connectivity index (χ3v) is 10.3. The van der Waals surface area contributed by atoms with E-state index in [1.54, 1.807) is 0 Å². The summed E-state index contributed by atoms with van der Waals surface area (Å²) in [7, 11) is -3.20. The van der Waals surface area contributed by atoms with Gasteiger partial charge in [-0.05, 0) is 57.8 Å². The lowest BCUT2D eigenvalue weighted by Crippen LogP contribution is -2.29. The van der Waals surface area contributed by atoms with E-state index < -0.39 is 26.5 Å². The Kier molecular flexibility index (Phi) is 38.1. The molecular formula is C43H81O8P. The third kappa shape index (κ3) is 38.3. The largest absolute Gasteiger partial charge is 0.472 e. The van der Waals surface area contributed by atoms with E-state index in [1.165, 1.54) is 122 Å². The molecule has 0 spiro atoms. The maximum absolute atomic E-state index is 12.5. The fraction of sp³-hybridized carbons (Fsp3) is 0.860. The molecule has 0 saturated heterocycles. The molecule has 2 unspecified atom stereocenters. The number of unbranched alkanes of at least 4 members (excludes halogenated alkanes) is 25. The molecule has 0 fully saturated rings. The van der Waals surface area contributed by atoms with E-state index in [0.717, 1.165) is 64.9 Å². The number of carbonyl (C=O) groups is 2. The van der Waals surface area contributed by atoms with Crippen LogP contribution in [0.2, 0.25) is 0 Å². The fourth-order valence-corrected chi connectivity index (χ4v) is 6.53. The summed E-state index contributed by atoms with van der Waals surface area (Å²) in [5.74, 6) is -0.812. The summed E-state index contributed by atoms with van der Waals surface area (Å²) in [4.78, 5) is 34.4. The number of esters is 2. The first-order chi connectivity index (χ1) is 25.3. The molecule has 0 aromatic carbocycles. The minimum atomic E-state index is -4.26. The standard InChI is InChI=1S/C43H81O8P/c1-4-6-8-10-12-14-16-17-18-19-20-21-22-23-24-25-26-27-28-30-32-34-36-38-43(45)51-41(40-50-52(46,47)48-3)39-49-42(44)37-35-33-31-29-15-13-11-9-7-5-2/h9,11,19-20,41H,4-8,10,12-18,21-40H2,1-3H3,(H,46,47)/b11-9-,20-19-. The quantitative estimate of drug-likeness (QED) is 0.0285. The summed E-state index contributed by atoms with van der Waals surface area (Å²) >= 11 is 0. The Balaban J connectivity index is 3.89. The topological polar surface area (TPSA) is 108 Å². The summed E-state index contributed by atoms with van der Waals surface area (Å²) in [5, 5.41) is 0. The van der Waals surface area contributed by atoms with Crippen molar-refractivity contribution in [2.24, 2.45) is 0 Å². The van der Waals surface area contributed by atoms with Gasteiger partial charge in [-0.3, -0.25) is 18.6 Å². The van der Waals surface area contributed by atoms with E-state index in [2.05, 4.69) is 42.7 Å². The Morgan fingerprint density at radius 1 is 0.519 bits per heavy atom. The molecule has 9 heteroatoms. The number of phosphoric ester groups is 1. The van der Waals surface area contributed by atoms with Crippen LogP contribution in [0.5, 0.6) is 0 Å². The highest BCUT2D eigenvalue weighted by Crippen LogP contribution is 2.42. The minimum Gasteiger partial charge on any atom is -0.462 e. The second kappa shape index (κ2) is 39.2. The normalized spacial score (nSPS) is 13.5. The first-order valence-corrected chi connectivity index (χ1v) is 23.0. The maximum atomic E-state index is 12.5. The van der Waals surface area contributed by atoms with Gasteiger partial charge in [-0.1, -0.05) is 167 Å². The number of phosphoric acid groups is 1. The molecule has 8 nitrogen and oxygen atoms in total. The van der Waals surface area contributed by atoms with Gasteiger partial charge in [0, 0.05) is 20.0 Å². The first kappa shape index (κ1) is 50.5. The summed E-state index contributed by atoms with van der Waals surface area (Å²) in [6.45, 7) is 3.82. The minimum absolute atomic E-state index is 0.227. The van der Waals surface area contributed by atoms with Crippen molar-refractivity contribution in [2.45, 2.75) is 219 Å². The number of allylic oxidation sites excluding steroid dienone is 4. The Morgan fingerprint density at radius 3 is 1.33 bits per heavy atom. The molecule has 52 heavy (non-hydrogen) atoms. The molecule has 0 aliphatic carbocycles. The molecule has 306 valence electrons. The molecule has 1 N–H and O–H groups in total. The molecule has 0 bridgehead atoms. The Bertz CT molecular complexity index is 906. The zero-order valence-electron chi connectivity index (χ0n) is 34.0. The van der Waals surface area contributed by atoms with Crippen molar-refractivity contribution in [2.75, 3.05) is 20.3 Å². The lowest BCUT2D eigenvalue weighted by Gasteiger charge is -2.19. The van der Waals surface area contributed by atoms with Crippen LogP contribution in [0.25, 0.3) is 0 Å². The third-order valence-electron chi connectivity index (χ3n) is 9.40. The van der Waals surface area contributed by atoms with Gasteiger partial charge >= 0.3 is 19.8 Å². The average Bonchev–Trinajstić information content (AvgIpc) is 3.13. The SMILES string of the molecule is CCC/C=C\CCCCCCCC(=O)OCC(COP(=O)(O)OC)OC(=O)CCCCCCCCCCCCC/C=C\CCCCCCCCCC. The summed E-state index contributed by atoms with van der Waals surface area (Å²) < 4.78 is 31.9. The van der Waals surface area contributed by atoms with E-state index in [1.807, 2.05) is 0 Å². The van der Waals surface area contributed by atoms with E-state index in [9.17, 15) is 19.0 Å². The molecule has 0 aliphatic heterocycles. The number of carbonyl (C=O) groups excluding carboxylic acids is 2. The van der Waals surface area contributed by atoms with Crippen LogP contribution in [0, 0.1) is 0 Å². The smallest absolute Gasteiger partial charge is 0.462 e. The monoisotopic (exact) mass is 757 g/mol. The summed E-state index contributed by atoms with van der Waals surface area (Å²) in [6.07, 6.45) is 43.9. The molecule has 0 aromatic rings. The molecule has 2 atom stereocenters. The van der Waals surface area contributed by atoms with Crippen molar-refractivity contribution in [1.82, 2.24) is 0 Å². The van der Waals surface area contributed by atoms with Gasteiger partial charge in [0.25, 0.3) is 0 Å². The molecular weight excluding hydrogens is 675 g/mol. The number of hydrogen-bond donors (Lipinski definition) is 1. The Hall–Kier alpha value is -1.47. The van der Waals surface area contributed by atoms with Crippen molar-refractivity contribution in [3.05, 3.63) is 24.3 Å². The van der Waals surface area contributed by atoms with Crippen LogP contribution in [0.1, 0.15) is 213 Å². The molecule has 0 radical (unpaired) electrons. The van der Waals surface area contributed by atoms with Crippen LogP contribution in [0.4, 0.5) is 0 Å². The van der Waals surface area contributed by atoms with Crippen molar-refractivity contribution in [3.63, 3.8) is 0 Å². The average molecular weight is 757 g/mol. The van der Waals surface area contributed by atoms with Gasteiger partial charge in [-0.15, -0.1) is 0 Å². The number of hydrogen-bond acceptors (Lipinski definition) is 7. The zero-order valence-corrected chi connectivity index (χ0v) is 34.9. The highest BCUT2D eigenvalue weighted by molar-refractivity contribution is 7.47. The van der Waals surface area contributed by atoms with E-state index >= 15 is 0 Å². The van der Waals surface area contributed by atoms with Crippen molar-refractivity contribution < 1.29 is 37.6 Å².